The number of amides is 1. The van der Waals surface area contributed by atoms with Crippen LogP contribution in [0.25, 0.3) is 0 Å². The van der Waals surface area contributed by atoms with Crippen LogP contribution in [0.2, 0.25) is 0 Å². The fourth-order valence-electron chi connectivity index (χ4n) is 4.34. The highest BCUT2D eigenvalue weighted by atomic mass is 19.1. The van der Waals surface area contributed by atoms with Gasteiger partial charge in [0.25, 0.3) is 5.91 Å². The van der Waals surface area contributed by atoms with Crippen molar-refractivity contribution in [3.8, 4) is 0 Å². The molecule has 166 valence electrons. The van der Waals surface area contributed by atoms with Gasteiger partial charge in [0.15, 0.2) is 5.96 Å². The maximum absolute atomic E-state index is 13.4. The van der Waals surface area contributed by atoms with Crippen molar-refractivity contribution in [1.82, 2.24) is 15.5 Å². The van der Waals surface area contributed by atoms with E-state index in [0.717, 1.165) is 37.3 Å². The van der Waals surface area contributed by atoms with Crippen molar-refractivity contribution in [3.05, 3.63) is 71.0 Å². The first-order valence-electron chi connectivity index (χ1n) is 10.9. The Bertz CT molecular complexity index is 902. The summed E-state index contributed by atoms with van der Waals surface area (Å²) in [6.45, 7) is 1.48. The molecule has 1 aliphatic carbocycles. The van der Waals surface area contributed by atoms with Gasteiger partial charge in [-0.25, -0.2) is 4.39 Å². The van der Waals surface area contributed by atoms with E-state index in [1.54, 1.807) is 38.2 Å². The van der Waals surface area contributed by atoms with E-state index in [1.807, 2.05) is 36.4 Å². The van der Waals surface area contributed by atoms with Gasteiger partial charge in [-0.3, -0.25) is 9.79 Å². The van der Waals surface area contributed by atoms with Crippen molar-refractivity contribution < 1.29 is 9.18 Å². The molecular formula is C25H33FN4O. The first-order valence-corrected chi connectivity index (χ1v) is 10.9. The van der Waals surface area contributed by atoms with Gasteiger partial charge in [-0.15, -0.1) is 0 Å². The molecule has 1 saturated carbocycles. The predicted octanol–water partition coefficient (Wildman–Crippen LogP) is 3.75. The SMILES string of the molecule is CN=C(NCCc1cccc(C(=O)N(C)C)c1)NCC1(c2ccc(F)cc2)CCCC1. The van der Waals surface area contributed by atoms with E-state index in [-0.39, 0.29) is 17.1 Å². The second-order valence-electron chi connectivity index (χ2n) is 8.50. The number of carbonyl (C=O) groups excluding carboxylic acids is 1. The Morgan fingerprint density at radius 3 is 2.45 bits per heavy atom. The van der Waals surface area contributed by atoms with Crippen LogP contribution in [-0.2, 0) is 11.8 Å². The third-order valence-corrected chi connectivity index (χ3v) is 6.12. The zero-order valence-electron chi connectivity index (χ0n) is 18.7. The minimum atomic E-state index is -0.196. The maximum atomic E-state index is 13.4. The number of rotatable bonds is 7. The Labute approximate surface area is 184 Å². The number of nitrogens with one attached hydrogen (secondary N) is 2. The molecule has 3 rings (SSSR count). The second-order valence-corrected chi connectivity index (χ2v) is 8.50. The zero-order chi connectivity index (χ0) is 22.3. The van der Waals surface area contributed by atoms with E-state index in [9.17, 15) is 9.18 Å². The van der Waals surface area contributed by atoms with E-state index in [4.69, 9.17) is 0 Å². The molecule has 0 heterocycles. The Balaban J connectivity index is 1.55. The van der Waals surface area contributed by atoms with Gasteiger partial charge in [0, 0.05) is 45.2 Å². The number of hydrogen-bond acceptors (Lipinski definition) is 2. The van der Waals surface area contributed by atoms with E-state index in [0.29, 0.717) is 12.1 Å². The first kappa shape index (κ1) is 22.8. The van der Waals surface area contributed by atoms with Crippen LogP contribution in [0.3, 0.4) is 0 Å². The largest absolute Gasteiger partial charge is 0.356 e. The van der Waals surface area contributed by atoms with Crippen molar-refractivity contribution in [3.63, 3.8) is 0 Å². The summed E-state index contributed by atoms with van der Waals surface area (Å²) in [6.07, 6.45) is 5.35. The van der Waals surface area contributed by atoms with Crippen LogP contribution >= 0.6 is 0 Å². The number of benzene rings is 2. The van der Waals surface area contributed by atoms with Crippen molar-refractivity contribution in [1.29, 1.82) is 0 Å². The molecular weight excluding hydrogens is 391 g/mol. The fourth-order valence-corrected chi connectivity index (χ4v) is 4.34. The molecule has 5 nitrogen and oxygen atoms in total. The van der Waals surface area contributed by atoms with Gasteiger partial charge in [-0.05, 0) is 54.7 Å². The molecule has 0 spiro atoms. The van der Waals surface area contributed by atoms with Crippen molar-refractivity contribution >= 4 is 11.9 Å². The van der Waals surface area contributed by atoms with Crippen LogP contribution < -0.4 is 10.6 Å². The van der Waals surface area contributed by atoms with E-state index < -0.39 is 0 Å². The van der Waals surface area contributed by atoms with Crippen LogP contribution in [0.1, 0.15) is 47.2 Å². The van der Waals surface area contributed by atoms with Crippen molar-refractivity contribution in [2.24, 2.45) is 4.99 Å². The molecule has 2 aromatic rings. The number of halogens is 1. The summed E-state index contributed by atoms with van der Waals surface area (Å²) in [6, 6.07) is 14.7. The third-order valence-electron chi connectivity index (χ3n) is 6.12. The van der Waals surface area contributed by atoms with Crippen LogP contribution in [0.5, 0.6) is 0 Å². The van der Waals surface area contributed by atoms with E-state index in [2.05, 4.69) is 15.6 Å². The Morgan fingerprint density at radius 2 is 1.81 bits per heavy atom. The summed E-state index contributed by atoms with van der Waals surface area (Å²) in [7, 11) is 5.29. The minimum Gasteiger partial charge on any atom is -0.356 e. The summed E-state index contributed by atoms with van der Waals surface area (Å²) in [5.41, 5.74) is 3.02. The molecule has 0 atom stereocenters. The summed E-state index contributed by atoms with van der Waals surface area (Å²) >= 11 is 0. The molecule has 0 radical (unpaired) electrons. The van der Waals surface area contributed by atoms with Gasteiger partial charge in [-0.1, -0.05) is 37.1 Å². The molecule has 2 N–H and O–H groups in total. The minimum absolute atomic E-state index is 0.00920. The zero-order valence-corrected chi connectivity index (χ0v) is 18.7. The summed E-state index contributed by atoms with van der Waals surface area (Å²) in [4.78, 5) is 18.1. The lowest BCUT2D eigenvalue weighted by molar-refractivity contribution is 0.0827. The number of hydrogen-bond donors (Lipinski definition) is 2. The van der Waals surface area contributed by atoms with Gasteiger partial charge < -0.3 is 15.5 Å². The predicted molar refractivity (Wildman–Crippen MR) is 124 cm³/mol. The van der Waals surface area contributed by atoms with Crippen LogP contribution in [0.15, 0.2) is 53.5 Å². The fraction of sp³-hybridized carbons (Fsp3) is 0.440. The summed E-state index contributed by atoms with van der Waals surface area (Å²) < 4.78 is 13.4. The first-order chi connectivity index (χ1) is 14.9. The summed E-state index contributed by atoms with van der Waals surface area (Å²) in [5.74, 6) is 0.572. The molecule has 2 aromatic carbocycles. The smallest absolute Gasteiger partial charge is 0.253 e. The van der Waals surface area contributed by atoms with Gasteiger partial charge in [0.1, 0.15) is 5.82 Å². The monoisotopic (exact) mass is 424 g/mol. The van der Waals surface area contributed by atoms with Crippen LogP contribution in [0.4, 0.5) is 4.39 Å². The maximum Gasteiger partial charge on any atom is 0.253 e. The molecule has 1 aliphatic rings. The average Bonchev–Trinajstić information content (AvgIpc) is 3.26. The van der Waals surface area contributed by atoms with Gasteiger partial charge in [0.05, 0.1) is 0 Å². The number of nitrogens with zero attached hydrogens (tertiary/aromatic N) is 2. The van der Waals surface area contributed by atoms with E-state index >= 15 is 0 Å². The lowest BCUT2D eigenvalue weighted by Gasteiger charge is -2.31. The molecule has 0 bridgehead atoms. The van der Waals surface area contributed by atoms with Gasteiger partial charge in [0.2, 0.25) is 0 Å². The Morgan fingerprint density at radius 1 is 1.10 bits per heavy atom. The summed E-state index contributed by atoms with van der Waals surface area (Å²) in [5, 5.41) is 6.86. The quantitative estimate of drug-likeness (QED) is 0.526. The average molecular weight is 425 g/mol. The molecule has 0 unspecified atom stereocenters. The molecule has 1 amide bonds. The topological polar surface area (TPSA) is 56.7 Å². The number of carbonyl (C=O) groups is 1. The van der Waals surface area contributed by atoms with Crippen LogP contribution in [-0.4, -0.2) is 51.0 Å². The van der Waals surface area contributed by atoms with E-state index in [1.165, 1.54) is 18.4 Å². The number of aliphatic imine (C=N–C) groups is 1. The van der Waals surface area contributed by atoms with Crippen molar-refractivity contribution in [2.45, 2.75) is 37.5 Å². The highest BCUT2D eigenvalue weighted by molar-refractivity contribution is 5.94. The van der Waals surface area contributed by atoms with Gasteiger partial charge >= 0.3 is 0 Å². The second kappa shape index (κ2) is 10.4. The standard InChI is InChI=1S/C25H33FN4O/c1-27-24(28-16-13-19-7-6-8-20(17-19)23(31)30(2)3)29-18-25(14-4-5-15-25)21-9-11-22(26)12-10-21/h6-12,17H,4-5,13-16,18H2,1-3H3,(H2,27,28,29). The van der Waals surface area contributed by atoms with Crippen LogP contribution in [0, 0.1) is 5.82 Å². The molecule has 1 fully saturated rings. The lowest BCUT2D eigenvalue weighted by atomic mass is 9.79. The Kier molecular flexibility index (Phi) is 7.66. The highest BCUT2D eigenvalue weighted by Crippen LogP contribution is 2.40. The molecule has 0 aliphatic heterocycles. The molecule has 6 heteroatoms. The lowest BCUT2D eigenvalue weighted by Crippen LogP contribution is -2.45. The molecule has 0 saturated heterocycles. The third kappa shape index (κ3) is 5.84. The van der Waals surface area contributed by atoms with Gasteiger partial charge in [-0.2, -0.15) is 0 Å². The number of guanidine groups is 1. The Hall–Kier alpha value is -2.89. The molecule has 0 aromatic heterocycles. The normalized spacial score (nSPS) is 15.5. The van der Waals surface area contributed by atoms with Crippen molar-refractivity contribution in [2.75, 3.05) is 34.2 Å². The molecule has 31 heavy (non-hydrogen) atoms. The highest BCUT2D eigenvalue weighted by Gasteiger charge is 2.35.